The molecule has 0 aliphatic rings. The van der Waals surface area contributed by atoms with Gasteiger partial charge in [0.2, 0.25) is 0 Å². The van der Waals surface area contributed by atoms with Gasteiger partial charge in [0.15, 0.2) is 16.4 Å². The third-order valence-corrected chi connectivity index (χ3v) is 9.75. The average molecular weight is 665 g/mol. The van der Waals surface area contributed by atoms with Gasteiger partial charge in [-0.1, -0.05) is 48.0 Å². The Labute approximate surface area is 267 Å². The second-order valence-corrected chi connectivity index (χ2v) is 13.5. The van der Waals surface area contributed by atoms with Gasteiger partial charge in [0.25, 0.3) is 5.91 Å². The molecule has 0 spiro atoms. The molecule has 0 bridgehead atoms. The van der Waals surface area contributed by atoms with Crippen molar-refractivity contribution < 1.29 is 32.2 Å². The lowest BCUT2D eigenvalue weighted by molar-refractivity contribution is -0.139. The Kier molecular flexibility index (Phi) is 9.92. The molecule has 8 nitrogen and oxygen atoms in total. The van der Waals surface area contributed by atoms with Crippen LogP contribution in [0, 0.1) is 5.82 Å². The fourth-order valence-corrected chi connectivity index (χ4v) is 6.85. The fourth-order valence-electron chi connectivity index (χ4n) is 4.52. The number of ether oxygens (including phenoxy) is 1. The molecule has 5 rings (SSSR count). The third-order valence-electron chi connectivity index (χ3n) is 6.69. The molecule has 230 valence electrons. The van der Waals surface area contributed by atoms with Crippen LogP contribution in [0.25, 0.3) is 22.4 Å². The predicted octanol–water partition coefficient (Wildman–Crippen LogP) is 7.38. The van der Waals surface area contributed by atoms with E-state index >= 15 is 0 Å². The molecule has 0 saturated heterocycles. The van der Waals surface area contributed by atoms with Crippen LogP contribution >= 0.6 is 22.9 Å². The number of carboxylic acid groups (broad SMARTS) is 1. The monoisotopic (exact) mass is 664 g/mol. The maximum absolute atomic E-state index is 14.1. The number of sulfone groups is 1. The van der Waals surface area contributed by atoms with Crippen LogP contribution < -0.4 is 10.1 Å². The Hall–Kier alpha value is -4.58. The van der Waals surface area contributed by atoms with Crippen LogP contribution in [0.5, 0.6) is 5.75 Å². The number of hydrogen-bond donors (Lipinski definition) is 2. The van der Waals surface area contributed by atoms with Crippen molar-refractivity contribution >= 4 is 72.7 Å². The second kappa shape index (κ2) is 14.0. The van der Waals surface area contributed by atoms with Crippen LogP contribution in [0.15, 0.2) is 89.8 Å². The highest BCUT2D eigenvalue weighted by atomic mass is 35.5. The van der Waals surface area contributed by atoms with Crippen molar-refractivity contribution in [2.45, 2.75) is 17.7 Å². The number of hydrogen-bond acceptors (Lipinski definition) is 7. The van der Waals surface area contributed by atoms with E-state index in [-0.39, 0.29) is 27.6 Å². The highest BCUT2D eigenvalue weighted by molar-refractivity contribution is 7.91. The molecular weight excluding hydrogens is 639 g/mol. The summed E-state index contributed by atoms with van der Waals surface area (Å²) in [6.07, 6.45) is 4.09. The molecule has 0 aliphatic carbocycles. The molecule has 1 aromatic heterocycles. The number of rotatable bonds is 12. The molecule has 1 heterocycles. The third kappa shape index (κ3) is 8.13. The van der Waals surface area contributed by atoms with Crippen molar-refractivity contribution in [1.82, 2.24) is 4.98 Å². The van der Waals surface area contributed by atoms with Gasteiger partial charge in [0.1, 0.15) is 22.1 Å². The van der Waals surface area contributed by atoms with Crippen LogP contribution in [0.4, 0.5) is 10.1 Å². The van der Waals surface area contributed by atoms with Gasteiger partial charge in [-0.3, -0.25) is 4.79 Å². The number of aromatic nitrogens is 1. The zero-order chi connectivity index (χ0) is 32.0. The van der Waals surface area contributed by atoms with Gasteiger partial charge in [-0.15, -0.1) is 11.3 Å². The summed E-state index contributed by atoms with van der Waals surface area (Å²) >= 11 is 7.19. The quantitative estimate of drug-likeness (QED) is 0.143. The maximum Gasteiger partial charge on any atom is 0.341 e. The number of nitrogens with zero attached hydrogens (tertiary/aromatic N) is 1. The molecule has 0 radical (unpaired) electrons. The zero-order valence-corrected chi connectivity index (χ0v) is 26.0. The number of para-hydroxylation sites is 1. The first-order valence-electron chi connectivity index (χ1n) is 13.7. The van der Waals surface area contributed by atoms with Gasteiger partial charge in [-0.25, -0.2) is 22.6 Å². The van der Waals surface area contributed by atoms with Gasteiger partial charge in [-0.05, 0) is 84.6 Å². The normalized spacial score (nSPS) is 11.6. The summed E-state index contributed by atoms with van der Waals surface area (Å²) in [6.45, 7) is -0.621. The van der Waals surface area contributed by atoms with Gasteiger partial charge in [0.05, 0.1) is 21.0 Å². The van der Waals surface area contributed by atoms with Crippen molar-refractivity contribution in [2.24, 2.45) is 0 Å². The van der Waals surface area contributed by atoms with Crippen LogP contribution in [-0.2, 0) is 21.1 Å². The Balaban J connectivity index is 1.34. The van der Waals surface area contributed by atoms with Crippen LogP contribution in [0.3, 0.4) is 0 Å². The number of carbonyl (C=O) groups excluding carboxylic acids is 1. The second-order valence-electron chi connectivity index (χ2n) is 9.90. The van der Waals surface area contributed by atoms with E-state index < -0.39 is 34.1 Å². The lowest BCUT2D eigenvalue weighted by atomic mass is 10.1. The molecule has 5 aromatic rings. The standard InChI is InChI=1S/C33H26ClFN2O6S2/c34-23-12-14-24(15-13-23)45(41,42)18-4-5-21-10-16-28(43-20-31(38)39)27(19-21)36-33(40)25-7-2-1-6-22(25)11-17-30-37-32-26(35)8-3-9-29(32)44-30/h1-3,6-17,19H,4-5,18,20H2,(H,36,40)(H,38,39). The van der Waals surface area contributed by atoms with Crippen molar-refractivity contribution in [3.05, 3.63) is 117 Å². The Morgan fingerprint density at radius 2 is 1.78 bits per heavy atom. The number of carboxylic acids is 1. The van der Waals surface area contributed by atoms with E-state index in [1.807, 2.05) is 0 Å². The molecule has 2 N–H and O–H groups in total. The van der Waals surface area contributed by atoms with Crippen LogP contribution in [0.2, 0.25) is 5.02 Å². The molecule has 0 atom stereocenters. The summed E-state index contributed by atoms with van der Waals surface area (Å²) < 4.78 is 45.7. The number of anilines is 1. The number of benzene rings is 4. The first-order valence-corrected chi connectivity index (χ1v) is 16.5. The van der Waals surface area contributed by atoms with Crippen LogP contribution in [0.1, 0.15) is 32.9 Å². The average Bonchev–Trinajstić information content (AvgIpc) is 3.44. The van der Waals surface area contributed by atoms with E-state index in [9.17, 15) is 22.4 Å². The molecule has 45 heavy (non-hydrogen) atoms. The smallest absolute Gasteiger partial charge is 0.341 e. The zero-order valence-electron chi connectivity index (χ0n) is 23.6. The van der Waals surface area contributed by atoms with E-state index in [0.717, 1.165) is 5.56 Å². The van der Waals surface area contributed by atoms with E-state index in [2.05, 4.69) is 10.3 Å². The topological polar surface area (TPSA) is 123 Å². The number of thiazole rings is 1. The minimum Gasteiger partial charge on any atom is -0.480 e. The van der Waals surface area contributed by atoms with Gasteiger partial charge < -0.3 is 15.2 Å². The number of nitrogens with one attached hydrogen (secondary N) is 1. The van der Waals surface area contributed by atoms with Gasteiger partial charge >= 0.3 is 5.97 Å². The molecule has 12 heteroatoms. The summed E-state index contributed by atoms with van der Waals surface area (Å²) in [5, 5.41) is 12.9. The summed E-state index contributed by atoms with van der Waals surface area (Å²) in [5.74, 6) is -2.03. The molecule has 0 fully saturated rings. The van der Waals surface area contributed by atoms with Gasteiger partial charge in [-0.2, -0.15) is 0 Å². The molecule has 1 amide bonds. The maximum atomic E-state index is 14.1. The van der Waals surface area contributed by atoms with Crippen molar-refractivity contribution in [3.8, 4) is 5.75 Å². The number of halogens is 2. The van der Waals surface area contributed by atoms with E-state index in [1.165, 1.54) is 41.7 Å². The van der Waals surface area contributed by atoms with Crippen molar-refractivity contribution in [2.75, 3.05) is 17.7 Å². The lowest BCUT2D eigenvalue weighted by Gasteiger charge is -2.14. The molecule has 0 saturated carbocycles. The fraction of sp³-hybridized carbons (Fsp3) is 0.121. The van der Waals surface area contributed by atoms with Gasteiger partial charge in [0, 0.05) is 10.6 Å². The number of fused-ring (bicyclic) bond motifs is 1. The van der Waals surface area contributed by atoms with Crippen molar-refractivity contribution in [3.63, 3.8) is 0 Å². The summed E-state index contributed by atoms with van der Waals surface area (Å²) in [5.41, 5.74) is 2.13. The molecular formula is C33H26ClFN2O6S2. The van der Waals surface area contributed by atoms with Crippen molar-refractivity contribution in [1.29, 1.82) is 0 Å². The predicted molar refractivity (Wildman–Crippen MR) is 174 cm³/mol. The minimum absolute atomic E-state index is 0.103. The first-order chi connectivity index (χ1) is 21.6. The number of aryl methyl sites for hydroxylation is 1. The number of amides is 1. The summed E-state index contributed by atoms with van der Waals surface area (Å²) in [4.78, 5) is 29.2. The number of aliphatic carboxylic acids is 1. The largest absolute Gasteiger partial charge is 0.480 e. The van der Waals surface area contributed by atoms with E-state index in [0.29, 0.717) is 38.7 Å². The Morgan fingerprint density at radius 3 is 2.53 bits per heavy atom. The Bertz CT molecular complexity index is 2010. The lowest BCUT2D eigenvalue weighted by Crippen LogP contribution is -2.16. The SMILES string of the molecule is O=C(O)COc1ccc(CCCS(=O)(=O)c2ccc(Cl)cc2)cc1NC(=O)c1ccccc1C=Cc1nc2c(F)cccc2s1. The summed E-state index contributed by atoms with van der Waals surface area (Å²) in [6, 6.07) is 22.5. The number of carbonyl (C=O) groups is 2. The highest BCUT2D eigenvalue weighted by Gasteiger charge is 2.17. The van der Waals surface area contributed by atoms with Crippen LogP contribution in [-0.4, -0.2) is 42.7 Å². The van der Waals surface area contributed by atoms with E-state index in [4.69, 9.17) is 21.4 Å². The molecule has 0 aliphatic heterocycles. The summed E-state index contributed by atoms with van der Waals surface area (Å²) in [7, 11) is -3.53. The first kappa shape index (κ1) is 31.8. The minimum atomic E-state index is -3.53. The van der Waals surface area contributed by atoms with E-state index in [1.54, 1.807) is 66.7 Å². The molecule has 0 unspecified atom stereocenters. The highest BCUT2D eigenvalue weighted by Crippen LogP contribution is 2.29. The Morgan fingerprint density at radius 1 is 1.00 bits per heavy atom. The molecule has 4 aromatic carbocycles.